The van der Waals surface area contributed by atoms with E-state index in [0.29, 0.717) is 23.7 Å². The van der Waals surface area contributed by atoms with E-state index in [1.807, 2.05) is 0 Å². The number of fused-ring (bicyclic) bond motifs is 5. The zero-order valence-electron chi connectivity index (χ0n) is 11.2. The first kappa shape index (κ1) is 12.0. The summed E-state index contributed by atoms with van der Waals surface area (Å²) in [5, 5.41) is 9.18. The van der Waals surface area contributed by atoms with E-state index < -0.39 is 0 Å². The van der Waals surface area contributed by atoms with Crippen LogP contribution in [-0.2, 0) is 9.53 Å². The van der Waals surface area contributed by atoms with E-state index in [-0.39, 0.29) is 11.6 Å². The van der Waals surface area contributed by atoms with Gasteiger partial charge in [-0.05, 0) is 62.7 Å². The summed E-state index contributed by atoms with van der Waals surface area (Å²) in [7, 11) is 0. The van der Waals surface area contributed by atoms with Gasteiger partial charge >= 0.3 is 5.97 Å². The van der Waals surface area contributed by atoms with Crippen LogP contribution in [0.5, 0.6) is 0 Å². The van der Waals surface area contributed by atoms with E-state index in [9.17, 15) is 10.1 Å². The summed E-state index contributed by atoms with van der Waals surface area (Å²) < 4.78 is 5.54. The summed E-state index contributed by atoms with van der Waals surface area (Å²) in [4.78, 5) is 11.2. The molecule has 3 fully saturated rings. The molecule has 3 saturated carbocycles. The van der Waals surface area contributed by atoms with Crippen molar-refractivity contribution >= 4 is 5.97 Å². The van der Waals surface area contributed by atoms with Crippen molar-refractivity contribution < 1.29 is 9.53 Å². The van der Waals surface area contributed by atoms with E-state index in [1.165, 1.54) is 13.3 Å². The van der Waals surface area contributed by atoms with Crippen LogP contribution in [0.4, 0.5) is 0 Å². The number of nitriles is 1. The Hall–Kier alpha value is -1.04. The van der Waals surface area contributed by atoms with Gasteiger partial charge in [-0.3, -0.25) is 4.79 Å². The van der Waals surface area contributed by atoms with Gasteiger partial charge in [0.05, 0.1) is 6.07 Å². The summed E-state index contributed by atoms with van der Waals surface area (Å²) in [6.07, 6.45) is 5.43. The number of ether oxygens (including phenoxy) is 1. The quantitative estimate of drug-likeness (QED) is 0.669. The summed E-state index contributed by atoms with van der Waals surface area (Å²) in [5.41, 5.74) is -0.250. The summed E-state index contributed by atoms with van der Waals surface area (Å²) >= 11 is 0. The Morgan fingerprint density at radius 2 is 2.11 bits per heavy atom. The van der Waals surface area contributed by atoms with Crippen molar-refractivity contribution in [1.82, 2.24) is 0 Å². The molecule has 3 aliphatic rings. The fourth-order valence-electron chi connectivity index (χ4n) is 5.01. The summed E-state index contributed by atoms with van der Waals surface area (Å²) in [5.74, 6) is 2.89. The third-order valence-corrected chi connectivity index (χ3v) is 5.58. The topological polar surface area (TPSA) is 50.1 Å². The molecule has 0 aromatic heterocycles. The molecular formula is C15H21NO2. The van der Waals surface area contributed by atoms with Crippen molar-refractivity contribution in [3.8, 4) is 6.07 Å². The number of carbonyl (C=O) groups is 1. The van der Waals surface area contributed by atoms with E-state index >= 15 is 0 Å². The van der Waals surface area contributed by atoms with Crippen LogP contribution in [0.3, 0.4) is 0 Å². The zero-order chi connectivity index (χ0) is 12.9. The fraction of sp³-hybridized carbons (Fsp3) is 0.867. The monoisotopic (exact) mass is 247 g/mol. The highest BCUT2D eigenvalue weighted by atomic mass is 16.6. The van der Waals surface area contributed by atoms with Crippen molar-refractivity contribution in [2.24, 2.45) is 29.6 Å². The van der Waals surface area contributed by atoms with Crippen LogP contribution in [0.1, 0.15) is 46.0 Å². The van der Waals surface area contributed by atoms with Crippen LogP contribution in [0.15, 0.2) is 0 Å². The Morgan fingerprint density at radius 3 is 2.78 bits per heavy atom. The van der Waals surface area contributed by atoms with E-state index in [4.69, 9.17) is 4.74 Å². The molecule has 0 N–H and O–H groups in total. The number of nitrogens with zero attached hydrogens (tertiary/aromatic N) is 1. The van der Waals surface area contributed by atoms with Crippen LogP contribution in [-0.4, -0.2) is 11.6 Å². The lowest BCUT2D eigenvalue weighted by molar-refractivity contribution is -0.162. The van der Waals surface area contributed by atoms with Gasteiger partial charge < -0.3 is 4.74 Å². The number of carbonyl (C=O) groups excluding carboxylic acids is 1. The largest absolute Gasteiger partial charge is 0.460 e. The Morgan fingerprint density at radius 1 is 1.33 bits per heavy atom. The molecule has 0 amide bonds. The Balaban J connectivity index is 1.74. The van der Waals surface area contributed by atoms with Crippen molar-refractivity contribution in [2.75, 3.05) is 0 Å². The van der Waals surface area contributed by atoms with E-state index in [2.05, 4.69) is 13.0 Å². The highest BCUT2D eigenvalue weighted by Crippen LogP contribution is 2.61. The average Bonchev–Trinajstić information content (AvgIpc) is 2.84. The first-order valence-electron chi connectivity index (χ1n) is 7.11. The minimum absolute atomic E-state index is 0.158. The average molecular weight is 247 g/mol. The first-order chi connectivity index (χ1) is 8.52. The molecule has 0 saturated heterocycles. The second-order valence-corrected chi connectivity index (χ2v) is 6.74. The first-order valence-corrected chi connectivity index (χ1v) is 7.11. The molecule has 0 spiro atoms. The molecule has 18 heavy (non-hydrogen) atoms. The van der Waals surface area contributed by atoms with Crippen molar-refractivity contribution in [1.29, 1.82) is 5.26 Å². The van der Waals surface area contributed by atoms with Gasteiger partial charge in [-0.1, -0.05) is 0 Å². The lowest BCUT2D eigenvalue weighted by atomic mass is 9.64. The minimum atomic E-state index is -0.250. The highest BCUT2D eigenvalue weighted by molar-refractivity contribution is 5.66. The number of esters is 1. The van der Waals surface area contributed by atoms with E-state index in [0.717, 1.165) is 31.6 Å². The molecule has 0 radical (unpaired) electrons. The van der Waals surface area contributed by atoms with Crippen molar-refractivity contribution in [3.05, 3.63) is 0 Å². The molecule has 0 heterocycles. The molecule has 98 valence electrons. The van der Waals surface area contributed by atoms with Crippen LogP contribution >= 0.6 is 0 Å². The molecule has 0 aromatic carbocycles. The fourth-order valence-corrected chi connectivity index (χ4v) is 5.01. The van der Waals surface area contributed by atoms with Gasteiger partial charge in [-0.15, -0.1) is 0 Å². The zero-order valence-corrected chi connectivity index (χ0v) is 11.2. The van der Waals surface area contributed by atoms with Gasteiger partial charge in [0.15, 0.2) is 0 Å². The molecule has 3 aliphatic carbocycles. The van der Waals surface area contributed by atoms with Gasteiger partial charge in [-0.2, -0.15) is 5.26 Å². The maximum absolute atomic E-state index is 11.2. The van der Waals surface area contributed by atoms with Crippen LogP contribution < -0.4 is 0 Å². The van der Waals surface area contributed by atoms with E-state index in [1.54, 1.807) is 0 Å². The molecule has 3 rings (SSSR count). The third kappa shape index (κ3) is 1.74. The predicted octanol–water partition coefficient (Wildman–Crippen LogP) is 2.90. The van der Waals surface area contributed by atoms with Crippen molar-refractivity contribution in [3.63, 3.8) is 0 Å². The smallest absolute Gasteiger partial charge is 0.303 e. The molecule has 3 heteroatoms. The SMILES string of the molecule is CC(=O)OC1(C)CCC2C3CC(CC3C#N)C2C1. The molecule has 6 atom stereocenters. The molecule has 2 bridgehead atoms. The molecular weight excluding hydrogens is 226 g/mol. The number of hydrogen-bond donors (Lipinski definition) is 0. The number of rotatable bonds is 1. The Labute approximate surface area is 108 Å². The molecule has 0 aromatic rings. The predicted molar refractivity (Wildman–Crippen MR) is 66.3 cm³/mol. The second kappa shape index (κ2) is 3.98. The second-order valence-electron chi connectivity index (χ2n) is 6.74. The molecule has 0 aliphatic heterocycles. The van der Waals surface area contributed by atoms with Gasteiger partial charge in [0.1, 0.15) is 5.60 Å². The van der Waals surface area contributed by atoms with Gasteiger partial charge in [-0.25, -0.2) is 0 Å². The van der Waals surface area contributed by atoms with Crippen LogP contribution in [0, 0.1) is 40.9 Å². The number of hydrogen-bond acceptors (Lipinski definition) is 3. The highest BCUT2D eigenvalue weighted by Gasteiger charge is 2.56. The van der Waals surface area contributed by atoms with Crippen LogP contribution in [0.2, 0.25) is 0 Å². The van der Waals surface area contributed by atoms with Crippen LogP contribution in [0.25, 0.3) is 0 Å². The lowest BCUT2D eigenvalue weighted by Crippen LogP contribution is -2.43. The van der Waals surface area contributed by atoms with Crippen molar-refractivity contribution in [2.45, 2.75) is 51.6 Å². The minimum Gasteiger partial charge on any atom is -0.460 e. The molecule has 6 unspecified atom stereocenters. The maximum atomic E-state index is 11.2. The Bertz CT molecular complexity index is 413. The van der Waals surface area contributed by atoms with Gasteiger partial charge in [0.25, 0.3) is 0 Å². The third-order valence-electron chi connectivity index (χ3n) is 5.58. The normalized spacial score (nSPS) is 49.5. The summed E-state index contributed by atoms with van der Waals surface area (Å²) in [6.45, 7) is 3.59. The lowest BCUT2D eigenvalue weighted by Gasteiger charge is -2.44. The molecule has 3 nitrogen and oxygen atoms in total. The van der Waals surface area contributed by atoms with Gasteiger partial charge in [0.2, 0.25) is 0 Å². The maximum Gasteiger partial charge on any atom is 0.303 e. The standard InChI is InChI=1S/C15H21NO2/c1-9(17)18-15(2)4-3-12-13-6-10(14(12)7-15)5-11(13)8-16/h10-14H,3-7H2,1-2H3. The van der Waals surface area contributed by atoms with Gasteiger partial charge in [0, 0.05) is 12.8 Å². The summed E-state index contributed by atoms with van der Waals surface area (Å²) in [6, 6.07) is 2.50. The Kier molecular flexibility index (Phi) is 2.66.